The van der Waals surface area contributed by atoms with Crippen LogP contribution in [0.4, 0.5) is 5.82 Å². The van der Waals surface area contributed by atoms with Gasteiger partial charge in [0.15, 0.2) is 11.5 Å². The van der Waals surface area contributed by atoms with E-state index in [2.05, 4.69) is 20.6 Å². The molecule has 0 atom stereocenters. The third-order valence-corrected chi connectivity index (χ3v) is 4.16. The SMILES string of the molecule is CNC(=O)c1nc(-c2cc(NC(C)=O)ncc2C)oc1-c1ccccc1Cl. The molecule has 7 nitrogen and oxygen atoms in total. The number of benzene rings is 1. The van der Waals surface area contributed by atoms with Gasteiger partial charge in [-0.15, -0.1) is 0 Å². The van der Waals surface area contributed by atoms with Crippen LogP contribution in [-0.2, 0) is 4.79 Å². The molecule has 2 heterocycles. The van der Waals surface area contributed by atoms with Crippen LogP contribution in [-0.4, -0.2) is 28.8 Å². The molecule has 0 aliphatic heterocycles. The molecule has 2 amide bonds. The number of carbonyl (C=O) groups excluding carboxylic acids is 2. The topological polar surface area (TPSA) is 97.1 Å². The summed E-state index contributed by atoms with van der Waals surface area (Å²) in [5.41, 5.74) is 2.07. The minimum Gasteiger partial charge on any atom is -0.435 e. The fourth-order valence-corrected chi connectivity index (χ4v) is 2.76. The number of aromatic nitrogens is 2. The van der Waals surface area contributed by atoms with E-state index in [1.807, 2.05) is 6.92 Å². The standard InChI is InChI=1S/C19H17ClN4O3/c1-10-9-22-15(23-11(2)25)8-13(10)19-24-16(18(26)21-3)17(27-19)12-6-4-5-7-14(12)20/h4-9H,1-3H3,(H,21,26)(H,22,23,25). The lowest BCUT2D eigenvalue weighted by Crippen LogP contribution is -2.19. The van der Waals surface area contributed by atoms with Crippen LogP contribution in [0.5, 0.6) is 0 Å². The van der Waals surface area contributed by atoms with E-state index in [0.717, 1.165) is 5.56 Å². The lowest BCUT2D eigenvalue weighted by molar-refractivity contribution is -0.114. The van der Waals surface area contributed by atoms with E-state index in [1.54, 1.807) is 36.5 Å². The summed E-state index contributed by atoms with van der Waals surface area (Å²) in [7, 11) is 1.51. The van der Waals surface area contributed by atoms with E-state index in [9.17, 15) is 9.59 Å². The molecule has 0 saturated carbocycles. The second-order valence-electron chi connectivity index (χ2n) is 5.82. The van der Waals surface area contributed by atoms with Gasteiger partial charge in [0, 0.05) is 31.3 Å². The molecule has 3 aromatic rings. The van der Waals surface area contributed by atoms with E-state index in [-0.39, 0.29) is 23.3 Å². The summed E-state index contributed by atoms with van der Waals surface area (Å²) < 4.78 is 5.93. The van der Waals surface area contributed by atoms with Gasteiger partial charge < -0.3 is 15.1 Å². The van der Waals surface area contributed by atoms with E-state index in [0.29, 0.717) is 22.0 Å². The molecule has 27 heavy (non-hydrogen) atoms. The van der Waals surface area contributed by atoms with Crippen molar-refractivity contribution in [1.29, 1.82) is 0 Å². The average molecular weight is 385 g/mol. The van der Waals surface area contributed by atoms with Gasteiger partial charge in [-0.3, -0.25) is 9.59 Å². The maximum absolute atomic E-state index is 12.3. The van der Waals surface area contributed by atoms with Crippen LogP contribution in [0.3, 0.4) is 0 Å². The number of rotatable bonds is 4. The lowest BCUT2D eigenvalue weighted by Gasteiger charge is -2.05. The Kier molecular flexibility index (Phi) is 5.23. The van der Waals surface area contributed by atoms with Crippen molar-refractivity contribution in [2.75, 3.05) is 12.4 Å². The van der Waals surface area contributed by atoms with Crippen molar-refractivity contribution in [3.05, 3.63) is 52.8 Å². The van der Waals surface area contributed by atoms with Gasteiger partial charge in [-0.05, 0) is 30.7 Å². The highest BCUT2D eigenvalue weighted by Gasteiger charge is 2.24. The smallest absolute Gasteiger partial charge is 0.273 e. The average Bonchev–Trinajstić information content (AvgIpc) is 3.07. The molecule has 0 spiro atoms. The van der Waals surface area contributed by atoms with Gasteiger partial charge in [-0.25, -0.2) is 9.97 Å². The highest BCUT2D eigenvalue weighted by atomic mass is 35.5. The van der Waals surface area contributed by atoms with E-state index >= 15 is 0 Å². The van der Waals surface area contributed by atoms with Gasteiger partial charge in [0.2, 0.25) is 11.8 Å². The number of aryl methyl sites for hydroxylation is 1. The quantitative estimate of drug-likeness (QED) is 0.715. The minimum absolute atomic E-state index is 0.123. The molecule has 0 fully saturated rings. The molecular weight excluding hydrogens is 368 g/mol. The third-order valence-electron chi connectivity index (χ3n) is 3.83. The maximum atomic E-state index is 12.3. The molecular formula is C19H17ClN4O3. The molecule has 0 radical (unpaired) electrons. The minimum atomic E-state index is -0.395. The van der Waals surface area contributed by atoms with Crippen LogP contribution >= 0.6 is 11.6 Å². The monoisotopic (exact) mass is 384 g/mol. The molecule has 1 aromatic carbocycles. The lowest BCUT2D eigenvalue weighted by atomic mass is 10.1. The highest BCUT2D eigenvalue weighted by molar-refractivity contribution is 6.33. The van der Waals surface area contributed by atoms with Crippen molar-refractivity contribution < 1.29 is 14.0 Å². The van der Waals surface area contributed by atoms with Crippen LogP contribution < -0.4 is 10.6 Å². The van der Waals surface area contributed by atoms with Crippen LogP contribution in [0, 0.1) is 6.92 Å². The summed E-state index contributed by atoms with van der Waals surface area (Å²) in [6, 6.07) is 8.69. The number of pyridine rings is 1. The zero-order chi connectivity index (χ0) is 19.6. The second kappa shape index (κ2) is 7.59. The Morgan fingerprint density at radius 1 is 1.19 bits per heavy atom. The van der Waals surface area contributed by atoms with Crippen LogP contribution in [0.1, 0.15) is 23.0 Å². The predicted molar refractivity (Wildman–Crippen MR) is 103 cm³/mol. The molecule has 3 rings (SSSR count). The van der Waals surface area contributed by atoms with Gasteiger partial charge in [0.05, 0.1) is 5.02 Å². The summed E-state index contributed by atoms with van der Waals surface area (Å²) in [6.45, 7) is 3.23. The second-order valence-corrected chi connectivity index (χ2v) is 6.23. The molecule has 0 saturated heterocycles. The molecule has 2 N–H and O–H groups in total. The van der Waals surface area contributed by atoms with Gasteiger partial charge in [-0.2, -0.15) is 0 Å². The first kappa shape index (κ1) is 18.6. The molecule has 0 bridgehead atoms. The van der Waals surface area contributed by atoms with Gasteiger partial charge in [0.1, 0.15) is 5.82 Å². The first-order valence-electron chi connectivity index (χ1n) is 8.13. The van der Waals surface area contributed by atoms with Crippen molar-refractivity contribution in [3.63, 3.8) is 0 Å². The number of halogens is 1. The fraction of sp³-hybridized carbons (Fsp3) is 0.158. The maximum Gasteiger partial charge on any atom is 0.273 e. The van der Waals surface area contributed by atoms with Crippen molar-refractivity contribution in [2.45, 2.75) is 13.8 Å². The van der Waals surface area contributed by atoms with Crippen molar-refractivity contribution in [1.82, 2.24) is 15.3 Å². The van der Waals surface area contributed by atoms with Gasteiger partial charge in [0.25, 0.3) is 5.91 Å². The van der Waals surface area contributed by atoms with E-state index in [1.165, 1.54) is 14.0 Å². The zero-order valence-electron chi connectivity index (χ0n) is 15.0. The number of hydrogen-bond donors (Lipinski definition) is 2. The number of hydrogen-bond acceptors (Lipinski definition) is 5. The zero-order valence-corrected chi connectivity index (χ0v) is 15.7. The molecule has 0 aliphatic rings. The number of nitrogens with zero attached hydrogens (tertiary/aromatic N) is 2. The largest absolute Gasteiger partial charge is 0.435 e. The van der Waals surface area contributed by atoms with Gasteiger partial charge >= 0.3 is 0 Å². The Labute approximate surface area is 160 Å². The first-order chi connectivity index (χ1) is 12.9. The molecule has 8 heteroatoms. The number of nitrogens with one attached hydrogen (secondary N) is 2. The molecule has 138 valence electrons. The number of carbonyl (C=O) groups is 2. The van der Waals surface area contributed by atoms with Gasteiger partial charge in [-0.1, -0.05) is 23.7 Å². The van der Waals surface area contributed by atoms with Crippen LogP contribution in [0.25, 0.3) is 22.8 Å². The van der Waals surface area contributed by atoms with Crippen LogP contribution in [0.2, 0.25) is 5.02 Å². The van der Waals surface area contributed by atoms with E-state index < -0.39 is 5.91 Å². The van der Waals surface area contributed by atoms with Crippen molar-refractivity contribution in [3.8, 4) is 22.8 Å². The molecule has 0 unspecified atom stereocenters. The van der Waals surface area contributed by atoms with Crippen LogP contribution in [0.15, 0.2) is 40.9 Å². The number of amides is 2. The fourth-order valence-electron chi connectivity index (χ4n) is 2.54. The summed E-state index contributed by atoms with van der Waals surface area (Å²) in [5, 5.41) is 5.61. The number of oxazole rings is 1. The normalized spacial score (nSPS) is 10.5. The van der Waals surface area contributed by atoms with Crippen molar-refractivity contribution >= 4 is 29.2 Å². The Morgan fingerprint density at radius 3 is 2.59 bits per heavy atom. The Morgan fingerprint density at radius 2 is 1.93 bits per heavy atom. The molecule has 2 aromatic heterocycles. The summed E-state index contributed by atoms with van der Waals surface area (Å²) in [5.74, 6) is 0.227. The third kappa shape index (κ3) is 3.83. The first-order valence-corrected chi connectivity index (χ1v) is 8.51. The summed E-state index contributed by atoms with van der Waals surface area (Å²) in [6.07, 6.45) is 1.60. The predicted octanol–water partition coefficient (Wildman–Crippen LogP) is 3.68. The Hall–Kier alpha value is -3.19. The van der Waals surface area contributed by atoms with Crippen molar-refractivity contribution in [2.24, 2.45) is 0 Å². The number of anilines is 1. The summed E-state index contributed by atoms with van der Waals surface area (Å²) >= 11 is 6.27. The highest BCUT2D eigenvalue weighted by Crippen LogP contribution is 2.35. The molecule has 0 aliphatic carbocycles. The summed E-state index contributed by atoms with van der Waals surface area (Å²) in [4.78, 5) is 32.1. The van der Waals surface area contributed by atoms with E-state index in [4.69, 9.17) is 16.0 Å². The Balaban J connectivity index is 2.17. The Bertz CT molecular complexity index is 1030.